The number of hydrogen-bond donors (Lipinski definition) is 0. The van der Waals surface area contributed by atoms with Gasteiger partial charge in [-0.3, -0.25) is 0 Å². The minimum absolute atomic E-state index is 0.385. The van der Waals surface area contributed by atoms with E-state index < -0.39 is 11.9 Å². The Labute approximate surface area is 103 Å². The van der Waals surface area contributed by atoms with Crippen molar-refractivity contribution in [1.29, 1.82) is 0 Å². The molecule has 2 aromatic carbocycles. The minimum Gasteiger partial charge on any atom is -0.423 e. The van der Waals surface area contributed by atoms with Crippen molar-refractivity contribution in [3.05, 3.63) is 59.7 Å². The summed E-state index contributed by atoms with van der Waals surface area (Å²) in [4.78, 5) is 23.5. The molecule has 0 saturated carbocycles. The first kappa shape index (κ1) is 10.5. The molecular weight excluding hydrogens is 232 g/mol. The van der Waals surface area contributed by atoms with Crippen molar-refractivity contribution >= 4 is 11.9 Å². The Hall–Kier alpha value is -2.62. The molecule has 0 spiro atoms. The molecule has 0 amide bonds. The van der Waals surface area contributed by atoms with Crippen LogP contribution in [0.5, 0.6) is 11.5 Å². The molecule has 2 aromatic rings. The first-order valence-corrected chi connectivity index (χ1v) is 5.37. The number of ether oxygens (including phenoxy) is 2. The molecule has 18 heavy (non-hydrogen) atoms. The van der Waals surface area contributed by atoms with Gasteiger partial charge in [0.15, 0.2) is 0 Å². The second-order valence-corrected chi connectivity index (χ2v) is 3.83. The zero-order valence-corrected chi connectivity index (χ0v) is 9.25. The molecule has 0 fully saturated rings. The van der Waals surface area contributed by atoms with Gasteiger partial charge in [0.1, 0.15) is 11.5 Å². The lowest BCUT2D eigenvalue weighted by Gasteiger charge is -2.09. The largest absolute Gasteiger partial charge is 0.423 e. The first-order chi connectivity index (χ1) is 8.72. The highest BCUT2D eigenvalue weighted by Crippen LogP contribution is 2.21. The molecule has 0 aliphatic carbocycles. The van der Waals surface area contributed by atoms with Crippen LogP contribution in [0.15, 0.2) is 48.5 Å². The maximum Gasteiger partial charge on any atom is 0.343 e. The van der Waals surface area contributed by atoms with Gasteiger partial charge in [-0.05, 0) is 48.5 Å². The first-order valence-electron chi connectivity index (χ1n) is 5.37. The standard InChI is InChI=1S/C14H8O4/c15-13-9-1-2-10(4-3-9)14(16)18-12-7-5-11(17-13)6-8-12/h1-8H. The average Bonchev–Trinajstić information content (AvgIpc) is 2.40. The monoisotopic (exact) mass is 240 g/mol. The van der Waals surface area contributed by atoms with Gasteiger partial charge < -0.3 is 9.47 Å². The van der Waals surface area contributed by atoms with E-state index in [9.17, 15) is 9.59 Å². The molecular formula is C14H8O4. The quantitative estimate of drug-likeness (QED) is 0.524. The number of hydrogen-bond acceptors (Lipinski definition) is 4. The normalized spacial score (nSPS) is 13.6. The molecule has 0 aromatic heterocycles. The van der Waals surface area contributed by atoms with E-state index in [2.05, 4.69) is 0 Å². The Morgan fingerprint density at radius 2 is 0.889 bits per heavy atom. The van der Waals surface area contributed by atoms with Crippen LogP contribution in [0.1, 0.15) is 20.7 Å². The van der Waals surface area contributed by atoms with Crippen LogP contribution < -0.4 is 9.47 Å². The summed E-state index contributed by atoms with van der Waals surface area (Å²) in [6.07, 6.45) is 0. The fourth-order valence-electron chi connectivity index (χ4n) is 1.65. The number of esters is 2. The SMILES string of the molecule is O=C1Oc2ccc(cc2)OC(=O)c2ccc1cc2. The van der Waals surface area contributed by atoms with E-state index in [0.29, 0.717) is 22.6 Å². The Balaban J connectivity index is 2.11. The number of rotatable bonds is 0. The summed E-state index contributed by atoms with van der Waals surface area (Å²) in [5.74, 6) is -0.0969. The Morgan fingerprint density at radius 3 is 1.22 bits per heavy atom. The van der Waals surface area contributed by atoms with Gasteiger partial charge in [-0.1, -0.05) is 0 Å². The Morgan fingerprint density at radius 1 is 0.556 bits per heavy atom. The molecule has 0 unspecified atom stereocenters. The van der Waals surface area contributed by atoms with Gasteiger partial charge in [-0.15, -0.1) is 0 Å². The van der Waals surface area contributed by atoms with E-state index in [-0.39, 0.29) is 0 Å². The fraction of sp³-hybridized carbons (Fsp3) is 0. The van der Waals surface area contributed by atoms with Gasteiger partial charge in [-0.2, -0.15) is 0 Å². The van der Waals surface area contributed by atoms with Crippen molar-refractivity contribution < 1.29 is 19.1 Å². The van der Waals surface area contributed by atoms with E-state index in [4.69, 9.17) is 9.47 Å². The smallest absolute Gasteiger partial charge is 0.343 e. The number of carbonyl (C=O) groups is 2. The van der Waals surface area contributed by atoms with Crippen molar-refractivity contribution in [3.8, 4) is 11.5 Å². The fourth-order valence-corrected chi connectivity index (χ4v) is 1.65. The van der Waals surface area contributed by atoms with Gasteiger partial charge in [0, 0.05) is 0 Å². The number of carbonyl (C=O) groups excluding carboxylic acids is 2. The van der Waals surface area contributed by atoms with Gasteiger partial charge in [0.05, 0.1) is 11.1 Å². The molecule has 0 atom stereocenters. The van der Waals surface area contributed by atoms with Gasteiger partial charge in [0.2, 0.25) is 0 Å². The average molecular weight is 240 g/mol. The van der Waals surface area contributed by atoms with E-state index >= 15 is 0 Å². The second-order valence-electron chi connectivity index (χ2n) is 3.83. The molecule has 0 saturated heterocycles. The van der Waals surface area contributed by atoms with Crippen molar-refractivity contribution in [1.82, 2.24) is 0 Å². The Bertz CT molecular complexity index is 555. The summed E-state index contributed by atoms with van der Waals surface area (Å²) in [5.41, 5.74) is 0.771. The highest BCUT2D eigenvalue weighted by atomic mass is 16.5. The van der Waals surface area contributed by atoms with Gasteiger partial charge in [0.25, 0.3) is 0 Å². The van der Waals surface area contributed by atoms with Crippen LogP contribution >= 0.6 is 0 Å². The molecule has 6 rings (SSSR count). The molecule has 4 nitrogen and oxygen atoms in total. The van der Waals surface area contributed by atoms with E-state index in [1.165, 1.54) is 24.3 Å². The third-order valence-electron chi connectivity index (χ3n) is 2.60. The zero-order chi connectivity index (χ0) is 12.5. The molecule has 0 N–H and O–H groups in total. The molecule has 4 heterocycles. The van der Waals surface area contributed by atoms with Gasteiger partial charge in [-0.25, -0.2) is 9.59 Å². The summed E-state index contributed by atoms with van der Waals surface area (Å²) in [5, 5.41) is 0. The van der Waals surface area contributed by atoms with Crippen molar-refractivity contribution in [3.63, 3.8) is 0 Å². The predicted octanol–water partition coefficient (Wildman–Crippen LogP) is 2.44. The minimum atomic E-state index is -0.455. The van der Waals surface area contributed by atoms with Crippen molar-refractivity contribution in [2.24, 2.45) is 0 Å². The summed E-state index contributed by atoms with van der Waals surface area (Å²) in [6, 6.07) is 12.4. The van der Waals surface area contributed by atoms with Crippen LogP contribution in [-0.4, -0.2) is 11.9 Å². The molecule has 4 aliphatic rings. The predicted molar refractivity (Wildman–Crippen MR) is 62.8 cm³/mol. The molecule has 88 valence electrons. The molecule has 4 bridgehead atoms. The summed E-state index contributed by atoms with van der Waals surface area (Å²) in [6.45, 7) is 0. The summed E-state index contributed by atoms with van der Waals surface area (Å²) in [7, 11) is 0. The second kappa shape index (κ2) is 4.00. The highest BCUT2D eigenvalue weighted by molar-refractivity contribution is 5.95. The highest BCUT2D eigenvalue weighted by Gasteiger charge is 2.14. The third kappa shape index (κ3) is 1.84. The molecule has 4 aliphatic heterocycles. The van der Waals surface area contributed by atoms with E-state index in [1.54, 1.807) is 24.3 Å². The third-order valence-corrected chi connectivity index (χ3v) is 2.60. The van der Waals surface area contributed by atoms with Crippen molar-refractivity contribution in [2.45, 2.75) is 0 Å². The van der Waals surface area contributed by atoms with Crippen LogP contribution in [0, 0.1) is 0 Å². The summed E-state index contributed by atoms with van der Waals surface area (Å²) >= 11 is 0. The molecule has 4 heteroatoms. The lowest BCUT2D eigenvalue weighted by Crippen LogP contribution is -2.12. The van der Waals surface area contributed by atoms with Crippen LogP contribution in [0.2, 0.25) is 0 Å². The van der Waals surface area contributed by atoms with E-state index in [1.807, 2.05) is 0 Å². The molecule has 0 radical (unpaired) electrons. The summed E-state index contributed by atoms with van der Waals surface area (Å²) < 4.78 is 10.3. The topological polar surface area (TPSA) is 52.6 Å². The van der Waals surface area contributed by atoms with Crippen LogP contribution in [0.3, 0.4) is 0 Å². The zero-order valence-electron chi connectivity index (χ0n) is 9.25. The lowest BCUT2D eigenvalue weighted by atomic mass is 10.1. The van der Waals surface area contributed by atoms with E-state index in [0.717, 1.165) is 0 Å². The van der Waals surface area contributed by atoms with Crippen LogP contribution in [0.4, 0.5) is 0 Å². The van der Waals surface area contributed by atoms with Crippen LogP contribution in [0.25, 0.3) is 0 Å². The van der Waals surface area contributed by atoms with Crippen LogP contribution in [-0.2, 0) is 0 Å². The maximum atomic E-state index is 11.8. The number of benzene rings is 2. The lowest BCUT2D eigenvalue weighted by molar-refractivity contribution is 0.0714. The van der Waals surface area contributed by atoms with Gasteiger partial charge >= 0.3 is 11.9 Å². The maximum absolute atomic E-state index is 11.8. The Kier molecular flexibility index (Phi) is 2.34. The van der Waals surface area contributed by atoms with Crippen molar-refractivity contribution in [2.75, 3.05) is 0 Å².